The fraction of sp³-hybridized carbons (Fsp3) is 0.333. The van der Waals surface area contributed by atoms with E-state index in [4.69, 9.17) is 21.1 Å². The number of carbonyl (C=O) groups excluding carboxylic acids is 1. The highest BCUT2D eigenvalue weighted by atomic mass is 35.5. The molecule has 4 heterocycles. The Kier molecular flexibility index (Phi) is 6.40. The van der Waals surface area contributed by atoms with Crippen molar-refractivity contribution < 1.29 is 18.7 Å². The third kappa shape index (κ3) is 4.59. The highest BCUT2D eigenvalue weighted by Crippen LogP contribution is 2.42. The van der Waals surface area contributed by atoms with Crippen molar-refractivity contribution in [1.29, 1.82) is 0 Å². The molecule has 2 aliphatic rings. The molecule has 2 N–H and O–H groups in total. The van der Waals surface area contributed by atoms with Crippen molar-refractivity contribution in [2.75, 3.05) is 25.6 Å². The quantitative estimate of drug-likeness (QED) is 0.497. The van der Waals surface area contributed by atoms with Crippen LogP contribution in [0.3, 0.4) is 0 Å². The molecule has 0 unspecified atom stereocenters. The van der Waals surface area contributed by atoms with Crippen molar-refractivity contribution in [2.24, 2.45) is 0 Å². The number of amides is 2. The molecule has 35 heavy (non-hydrogen) atoms. The molecule has 1 aromatic carbocycles. The maximum Gasteiger partial charge on any atom is 0.322 e. The van der Waals surface area contributed by atoms with E-state index in [0.29, 0.717) is 42.3 Å². The van der Waals surface area contributed by atoms with Gasteiger partial charge in [0.2, 0.25) is 5.88 Å². The third-order valence-electron chi connectivity index (χ3n) is 6.31. The minimum Gasteiger partial charge on any atom is -0.475 e. The predicted octanol–water partition coefficient (Wildman–Crippen LogP) is 3.94. The van der Waals surface area contributed by atoms with Gasteiger partial charge in [-0.3, -0.25) is 4.79 Å². The first-order chi connectivity index (χ1) is 16.9. The Morgan fingerprint density at radius 3 is 2.91 bits per heavy atom. The van der Waals surface area contributed by atoms with Gasteiger partial charge in [0.1, 0.15) is 12.4 Å². The minimum absolute atomic E-state index is 0.0177. The van der Waals surface area contributed by atoms with Crippen LogP contribution in [0.25, 0.3) is 11.1 Å². The summed E-state index contributed by atoms with van der Waals surface area (Å²) < 4.78 is 25.4. The van der Waals surface area contributed by atoms with Crippen molar-refractivity contribution in [2.45, 2.75) is 31.3 Å². The number of nitrogens with zero attached hydrogens (tertiary/aromatic N) is 3. The number of aromatic amines is 1. The van der Waals surface area contributed by atoms with Crippen LogP contribution in [0.15, 0.2) is 41.3 Å². The first kappa shape index (κ1) is 23.3. The second-order valence-corrected chi connectivity index (χ2v) is 8.88. The number of fused-ring (bicyclic) bond motifs is 4. The van der Waals surface area contributed by atoms with E-state index in [1.54, 1.807) is 30.3 Å². The summed E-state index contributed by atoms with van der Waals surface area (Å²) in [7, 11) is 1.58. The molecule has 0 aliphatic carbocycles. The van der Waals surface area contributed by atoms with Gasteiger partial charge in [-0.05, 0) is 43.0 Å². The average molecular weight is 500 g/mol. The SMILES string of the molecule is COCCOc1ccc(-c2cc(F)c(NC(=O)N3[C@H]4CC[C@@H]3c3n[nH]c(=O)cc3C4)cc2Cl)cn1. The summed E-state index contributed by atoms with van der Waals surface area (Å²) in [6, 6.07) is 6.81. The third-order valence-corrected chi connectivity index (χ3v) is 6.62. The molecule has 2 atom stereocenters. The summed E-state index contributed by atoms with van der Waals surface area (Å²) in [6.07, 6.45) is 3.59. The molecule has 1 saturated heterocycles. The number of ether oxygens (including phenoxy) is 2. The number of rotatable bonds is 6. The van der Waals surface area contributed by atoms with E-state index in [1.807, 2.05) is 0 Å². The molecule has 9 nitrogen and oxygen atoms in total. The molecular formula is C24H23ClFN5O4. The molecule has 3 aromatic rings. The number of anilines is 1. The fourth-order valence-corrected chi connectivity index (χ4v) is 4.99. The molecule has 2 bridgehead atoms. The number of halogens is 2. The molecule has 1 fully saturated rings. The minimum atomic E-state index is -0.620. The van der Waals surface area contributed by atoms with E-state index in [0.717, 1.165) is 18.4 Å². The van der Waals surface area contributed by atoms with Crippen molar-refractivity contribution in [3.8, 4) is 17.0 Å². The van der Waals surface area contributed by atoms with Gasteiger partial charge < -0.3 is 19.7 Å². The van der Waals surface area contributed by atoms with Crippen molar-refractivity contribution in [3.05, 3.63) is 69.0 Å². The lowest BCUT2D eigenvalue weighted by atomic mass is 9.99. The highest BCUT2D eigenvalue weighted by molar-refractivity contribution is 6.33. The van der Waals surface area contributed by atoms with Crippen molar-refractivity contribution in [3.63, 3.8) is 0 Å². The number of H-pyrrole nitrogens is 1. The standard InChI is InChI=1S/C24H23ClFN5O4/c1-34-6-7-35-22-5-2-13(12-27-22)16-10-18(26)19(11-17(16)25)28-24(33)31-15-3-4-20(31)23-14(8-15)9-21(32)29-30-23/h2,5,9-12,15,20H,3-4,6-8H2,1H3,(H,28,33)(H,29,32)/t15-,20+/m0/s1. The van der Waals surface area contributed by atoms with E-state index in [1.165, 1.54) is 18.2 Å². The van der Waals surface area contributed by atoms with E-state index >= 15 is 4.39 Å². The summed E-state index contributed by atoms with van der Waals surface area (Å²) in [5.41, 5.74) is 2.31. The van der Waals surface area contributed by atoms with Crippen molar-refractivity contribution in [1.82, 2.24) is 20.1 Å². The molecule has 182 valence electrons. The van der Waals surface area contributed by atoms with Crippen LogP contribution in [0.2, 0.25) is 5.02 Å². The largest absolute Gasteiger partial charge is 0.475 e. The molecule has 0 radical (unpaired) electrons. The maximum atomic E-state index is 15.0. The van der Waals surface area contributed by atoms with Gasteiger partial charge in [-0.2, -0.15) is 5.10 Å². The zero-order valence-electron chi connectivity index (χ0n) is 18.9. The molecule has 0 spiro atoms. The Morgan fingerprint density at radius 1 is 1.29 bits per heavy atom. The Bertz CT molecular complexity index is 1320. The monoisotopic (exact) mass is 499 g/mol. The maximum absolute atomic E-state index is 15.0. The highest BCUT2D eigenvalue weighted by Gasteiger charge is 2.44. The van der Waals surface area contributed by atoms with Crippen LogP contribution in [0.4, 0.5) is 14.9 Å². The molecule has 2 amide bonds. The number of urea groups is 1. The lowest BCUT2D eigenvalue weighted by Crippen LogP contribution is -2.45. The van der Waals surface area contributed by atoms with Crippen LogP contribution in [-0.4, -0.2) is 52.5 Å². The average Bonchev–Trinajstić information content (AvgIpc) is 3.16. The second kappa shape index (κ2) is 9.63. The predicted molar refractivity (Wildman–Crippen MR) is 127 cm³/mol. The van der Waals surface area contributed by atoms with E-state index in [9.17, 15) is 9.59 Å². The summed E-state index contributed by atoms with van der Waals surface area (Å²) in [5, 5.41) is 9.54. The topological polar surface area (TPSA) is 109 Å². The van der Waals surface area contributed by atoms with Crippen molar-refractivity contribution >= 4 is 23.3 Å². The Morgan fingerprint density at radius 2 is 2.14 bits per heavy atom. The number of methoxy groups -OCH3 is 1. The lowest BCUT2D eigenvalue weighted by molar-refractivity contribution is 0.144. The van der Waals surface area contributed by atoms with Gasteiger partial charge in [0.15, 0.2) is 0 Å². The van der Waals surface area contributed by atoms with Crippen LogP contribution >= 0.6 is 11.6 Å². The van der Waals surface area contributed by atoms with Crippen LogP contribution in [0.1, 0.15) is 30.1 Å². The lowest BCUT2D eigenvalue weighted by Gasteiger charge is -2.35. The first-order valence-electron chi connectivity index (χ1n) is 11.2. The van der Waals surface area contributed by atoms with Gasteiger partial charge >= 0.3 is 6.03 Å². The summed E-state index contributed by atoms with van der Waals surface area (Å²) in [5.74, 6) is -0.201. The van der Waals surface area contributed by atoms with Gasteiger partial charge in [-0.1, -0.05) is 11.6 Å². The van der Waals surface area contributed by atoms with Crippen LogP contribution in [0.5, 0.6) is 5.88 Å². The number of benzene rings is 1. The second-order valence-electron chi connectivity index (χ2n) is 8.47. The van der Waals surface area contributed by atoms with Crippen LogP contribution < -0.4 is 15.6 Å². The van der Waals surface area contributed by atoms with E-state index in [2.05, 4.69) is 20.5 Å². The molecular weight excluding hydrogens is 477 g/mol. The van der Waals surface area contributed by atoms with Gasteiger partial charge in [0.05, 0.1) is 29.1 Å². The zero-order valence-corrected chi connectivity index (χ0v) is 19.6. The van der Waals surface area contributed by atoms with Crippen LogP contribution in [-0.2, 0) is 11.2 Å². The Balaban J connectivity index is 1.33. The molecule has 5 rings (SSSR count). The number of pyridine rings is 1. The molecule has 2 aliphatic heterocycles. The fourth-order valence-electron chi connectivity index (χ4n) is 4.71. The normalized spacial score (nSPS) is 18.3. The number of aromatic nitrogens is 3. The molecule has 0 saturated carbocycles. The summed E-state index contributed by atoms with van der Waals surface area (Å²) in [6.45, 7) is 0.806. The number of hydrogen-bond donors (Lipinski definition) is 2. The van der Waals surface area contributed by atoms with Crippen LogP contribution in [0, 0.1) is 5.82 Å². The summed E-state index contributed by atoms with van der Waals surface area (Å²) >= 11 is 6.45. The number of carbonyl (C=O) groups is 1. The van der Waals surface area contributed by atoms with Gasteiger partial charge in [-0.25, -0.2) is 19.3 Å². The van der Waals surface area contributed by atoms with E-state index in [-0.39, 0.29) is 28.4 Å². The van der Waals surface area contributed by atoms with Gasteiger partial charge in [-0.15, -0.1) is 0 Å². The smallest absolute Gasteiger partial charge is 0.322 e. The van der Waals surface area contributed by atoms with Gasteiger partial charge in [0, 0.05) is 42.6 Å². The number of nitrogens with one attached hydrogen (secondary N) is 2. The first-order valence-corrected chi connectivity index (χ1v) is 11.6. The Hall–Kier alpha value is -3.50. The zero-order chi connectivity index (χ0) is 24.5. The molecule has 2 aromatic heterocycles. The summed E-state index contributed by atoms with van der Waals surface area (Å²) in [4.78, 5) is 30.7. The Labute approximate surface area is 205 Å². The van der Waals surface area contributed by atoms with E-state index < -0.39 is 11.8 Å². The molecule has 11 heteroatoms. The van der Waals surface area contributed by atoms with Gasteiger partial charge in [0.25, 0.3) is 5.56 Å². The number of hydrogen-bond acceptors (Lipinski definition) is 6.